The van der Waals surface area contributed by atoms with Crippen LogP contribution in [0.25, 0.3) is 0 Å². The summed E-state index contributed by atoms with van der Waals surface area (Å²) < 4.78 is 26.9. The van der Waals surface area contributed by atoms with Gasteiger partial charge in [0.1, 0.15) is 17.6 Å². The minimum Gasteiger partial charge on any atom is -0.335 e. The zero-order chi connectivity index (χ0) is 17.0. The summed E-state index contributed by atoms with van der Waals surface area (Å²) in [7, 11) is -1.32. The molecule has 0 spiro atoms. The van der Waals surface area contributed by atoms with Crippen LogP contribution in [-0.4, -0.2) is 45.9 Å². The number of aromatic amines is 1. The molecule has 0 unspecified atom stereocenters. The van der Waals surface area contributed by atoms with Crippen LogP contribution in [0.3, 0.4) is 0 Å². The van der Waals surface area contributed by atoms with Crippen LogP contribution in [0.1, 0.15) is 5.56 Å². The van der Waals surface area contributed by atoms with Crippen molar-refractivity contribution < 1.29 is 18.3 Å². The molecule has 128 valence electrons. The van der Waals surface area contributed by atoms with E-state index in [2.05, 4.69) is 17.3 Å². The van der Waals surface area contributed by atoms with E-state index in [0.29, 0.717) is 24.5 Å². The molecule has 1 aliphatic rings. The standard InChI is InChI=1S/C17H22N4O2S/c1-20-9-11-21(12-10-20)24(22,23)16-7-8-17(19-14-16)18-13-15-5-3-2-4-6-15/h2-8,14H,9-13H2,1H3,(H,18,19)/p+2. The lowest BCUT2D eigenvalue weighted by Crippen LogP contribution is -3.12. The first-order valence-electron chi connectivity index (χ1n) is 8.17. The summed E-state index contributed by atoms with van der Waals surface area (Å²) in [6.45, 7) is 3.52. The third-order valence-corrected chi connectivity index (χ3v) is 6.22. The number of rotatable bonds is 5. The van der Waals surface area contributed by atoms with E-state index in [9.17, 15) is 8.42 Å². The van der Waals surface area contributed by atoms with Crippen LogP contribution >= 0.6 is 0 Å². The first kappa shape index (κ1) is 16.9. The van der Waals surface area contributed by atoms with Crippen molar-refractivity contribution in [2.75, 3.05) is 38.5 Å². The summed E-state index contributed by atoms with van der Waals surface area (Å²) in [5.74, 6) is 0.792. The monoisotopic (exact) mass is 348 g/mol. The van der Waals surface area contributed by atoms with E-state index in [-0.39, 0.29) is 0 Å². The Morgan fingerprint density at radius 3 is 2.46 bits per heavy atom. The third-order valence-electron chi connectivity index (χ3n) is 4.32. The SMILES string of the molecule is C[NH+]1CCN(S(=O)(=O)c2ccc(NCc3ccccc3)[nH+]c2)CC1. The van der Waals surface area contributed by atoms with E-state index in [1.54, 1.807) is 22.6 Å². The minimum atomic E-state index is -3.41. The average molecular weight is 348 g/mol. The summed E-state index contributed by atoms with van der Waals surface area (Å²) in [4.78, 5) is 4.72. The Hall–Kier alpha value is -1.96. The zero-order valence-corrected chi connectivity index (χ0v) is 14.6. The number of hydrogen-bond donors (Lipinski definition) is 2. The van der Waals surface area contributed by atoms with Crippen molar-refractivity contribution >= 4 is 15.8 Å². The molecule has 1 saturated heterocycles. The molecule has 2 heterocycles. The Bertz CT molecular complexity index is 755. The highest BCUT2D eigenvalue weighted by Gasteiger charge is 2.29. The highest BCUT2D eigenvalue weighted by Crippen LogP contribution is 2.15. The van der Waals surface area contributed by atoms with Crippen LogP contribution in [0.4, 0.5) is 5.82 Å². The Labute approximate surface area is 143 Å². The van der Waals surface area contributed by atoms with E-state index in [0.717, 1.165) is 18.9 Å². The first-order chi connectivity index (χ1) is 11.6. The lowest BCUT2D eigenvalue weighted by atomic mass is 10.2. The van der Waals surface area contributed by atoms with Gasteiger partial charge in [0.15, 0.2) is 0 Å². The van der Waals surface area contributed by atoms with Gasteiger partial charge in [-0.25, -0.2) is 13.4 Å². The maximum Gasteiger partial charge on any atom is 0.272 e. The predicted octanol–water partition coefficient (Wildman–Crippen LogP) is -0.368. The zero-order valence-electron chi connectivity index (χ0n) is 13.8. The maximum atomic E-state index is 12.7. The summed E-state index contributed by atoms with van der Waals surface area (Å²) in [5.41, 5.74) is 1.17. The summed E-state index contributed by atoms with van der Waals surface area (Å²) in [5, 5.41) is 3.26. The highest BCUT2D eigenvalue weighted by atomic mass is 32.2. The lowest BCUT2D eigenvalue weighted by molar-refractivity contribution is -0.883. The second-order valence-corrected chi connectivity index (χ2v) is 8.08. The Balaban J connectivity index is 1.65. The fraction of sp³-hybridized carbons (Fsp3) is 0.353. The van der Waals surface area contributed by atoms with Crippen molar-refractivity contribution in [1.82, 2.24) is 4.31 Å². The van der Waals surface area contributed by atoms with Gasteiger partial charge in [-0.05, 0) is 11.6 Å². The largest absolute Gasteiger partial charge is 0.335 e. The Morgan fingerprint density at radius 2 is 1.83 bits per heavy atom. The molecular weight excluding hydrogens is 324 g/mol. The summed E-state index contributed by atoms with van der Waals surface area (Å²) in [6, 6.07) is 13.5. The summed E-state index contributed by atoms with van der Waals surface area (Å²) >= 11 is 0. The fourth-order valence-electron chi connectivity index (χ4n) is 2.73. The second kappa shape index (κ2) is 7.29. The molecule has 0 bridgehead atoms. The molecule has 3 rings (SSSR count). The van der Waals surface area contributed by atoms with Crippen LogP contribution < -0.4 is 15.2 Å². The van der Waals surface area contributed by atoms with Crippen LogP contribution in [0.5, 0.6) is 0 Å². The van der Waals surface area contributed by atoms with Crippen LogP contribution in [0.15, 0.2) is 53.6 Å². The molecule has 1 aliphatic heterocycles. The van der Waals surface area contributed by atoms with Crippen LogP contribution in [-0.2, 0) is 16.6 Å². The number of nitrogens with zero attached hydrogens (tertiary/aromatic N) is 1. The van der Waals surface area contributed by atoms with E-state index in [1.807, 2.05) is 30.3 Å². The summed E-state index contributed by atoms with van der Waals surface area (Å²) in [6.07, 6.45) is 1.56. The van der Waals surface area contributed by atoms with Gasteiger partial charge in [0, 0.05) is 6.07 Å². The van der Waals surface area contributed by atoms with Gasteiger partial charge in [-0.3, -0.25) is 5.32 Å². The van der Waals surface area contributed by atoms with E-state index >= 15 is 0 Å². The molecule has 1 aromatic carbocycles. The number of hydrogen-bond acceptors (Lipinski definition) is 3. The molecule has 0 amide bonds. The van der Waals surface area contributed by atoms with Crippen molar-refractivity contribution in [2.24, 2.45) is 0 Å². The number of nitrogens with one attached hydrogen (secondary N) is 3. The van der Waals surface area contributed by atoms with Crippen LogP contribution in [0.2, 0.25) is 0 Å². The quantitative estimate of drug-likeness (QED) is 0.775. The Kier molecular flexibility index (Phi) is 5.13. The van der Waals surface area contributed by atoms with E-state index in [4.69, 9.17) is 0 Å². The predicted molar refractivity (Wildman–Crippen MR) is 92.1 cm³/mol. The molecule has 6 nitrogen and oxygen atoms in total. The smallest absolute Gasteiger partial charge is 0.272 e. The van der Waals surface area contributed by atoms with Gasteiger partial charge in [0.05, 0.1) is 33.2 Å². The molecule has 24 heavy (non-hydrogen) atoms. The number of quaternary nitrogens is 1. The number of aromatic nitrogens is 1. The van der Waals surface area contributed by atoms with Crippen molar-refractivity contribution in [3.05, 3.63) is 54.2 Å². The molecular formula is C17H24N4O2S+2. The van der Waals surface area contributed by atoms with E-state index in [1.165, 1.54) is 10.5 Å². The number of pyridine rings is 1. The van der Waals surface area contributed by atoms with Gasteiger partial charge in [-0.1, -0.05) is 30.3 Å². The number of piperazine rings is 1. The molecule has 1 fully saturated rings. The number of sulfonamides is 1. The van der Waals surface area contributed by atoms with Gasteiger partial charge in [0.25, 0.3) is 5.82 Å². The van der Waals surface area contributed by atoms with Crippen LogP contribution in [0, 0.1) is 0 Å². The third kappa shape index (κ3) is 3.92. The van der Waals surface area contributed by atoms with Gasteiger partial charge in [0.2, 0.25) is 10.0 Å². The van der Waals surface area contributed by atoms with Gasteiger partial charge < -0.3 is 4.90 Å². The van der Waals surface area contributed by atoms with Gasteiger partial charge in [-0.15, -0.1) is 0 Å². The van der Waals surface area contributed by atoms with Crippen molar-refractivity contribution in [1.29, 1.82) is 0 Å². The van der Waals surface area contributed by atoms with Crippen molar-refractivity contribution in [2.45, 2.75) is 11.4 Å². The fourth-order valence-corrected chi connectivity index (χ4v) is 4.14. The average Bonchev–Trinajstić information content (AvgIpc) is 2.61. The molecule has 0 aliphatic carbocycles. The highest BCUT2D eigenvalue weighted by molar-refractivity contribution is 7.89. The normalized spacial score (nSPS) is 16.9. The molecule has 1 aromatic heterocycles. The van der Waals surface area contributed by atoms with E-state index < -0.39 is 10.0 Å². The molecule has 7 heteroatoms. The number of anilines is 1. The first-order valence-corrected chi connectivity index (χ1v) is 9.61. The van der Waals surface area contributed by atoms with Gasteiger partial charge in [-0.2, -0.15) is 4.31 Å². The van der Waals surface area contributed by atoms with Gasteiger partial charge >= 0.3 is 0 Å². The molecule has 3 N–H and O–H groups in total. The minimum absolute atomic E-state index is 0.312. The molecule has 0 saturated carbocycles. The maximum absolute atomic E-state index is 12.7. The molecule has 0 atom stereocenters. The van der Waals surface area contributed by atoms with Crippen molar-refractivity contribution in [3.8, 4) is 0 Å². The number of likely N-dealkylation sites (N-methyl/N-ethyl adjacent to an activating group) is 1. The lowest BCUT2D eigenvalue weighted by Gasteiger charge is -2.29. The molecule has 0 radical (unpaired) electrons. The molecule has 2 aromatic rings. The number of H-pyrrole nitrogens is 1. The second-order valence-electron chi connectivity index (χ2n) is 6.14. The number of benzene rings is 1. The Morgan fingerprint density at radius 1 is 1.12 bits per heavy atom. The van der Waals surface area contributed by atoms with Crippen molar-refractivity contribution in [3.63, 3.8) is 0 Å². The topological polar surface area (TPSA) is 68.0 Å².